The SMILES string of the molecule is COCCN(C)CCNC(=O)NC1CCC1. The molecule has 1 rings (SSSR count). The van der Waals surface area contributed by atoms with Crippen molar-refractivity contribution in [3.63, 3.8) is 0 Å². The van der Waals surface area contributed by atoms with Crippen LogP contribution in [0.1, 0.15) is 19.3 Å². The second-order valence-electron chi connectivity index (χ2n) is 4.32. The Kier molecular flexibility index (Phi) is 6.18. The van der Waals surface area contributed by atoms with E-state index in [2.05, 4.69) is 15.5 Å². The van der Waals surface area contributed by atoms with Crippen molar-refractivity contribution in [2.45, 2.75) is 25.3 Å². The average Bonchev–Trinajstić information content (AvgIpc) is 2.20. The number of likely N-dealkylation sites (N-methyl/N-ethyl adjacent to an activating group) is 1. The molecule has 0 aromatic rings. The maximum atomic E-state index is 11.4. The molecule has 0 aliphatic heterocycles. The molecule has 0 aromatic heterocycles. The van der Waals surface area contributed by atoms with Crippen molar-refractivity contribution in [2.24, 2.45) is 0 Å². The molecule has 94 valence electrons. The molecule has 2 amide bonds. The predicted octanol–water partition coefficient (Wildman–Crippen LogP) is 0.416. The number of methoxy groups -OCH3 is 1. The summed E-state index contributed by atoms with van der Waals surface area (Å²) in [6.07, 6.45) is 3.49. The molecule has 0 unspecified atom stereocenters. The molecule has 0 aromatic carbocycles. The Bertz CT molecular complexity index is 207. The van der Waals surface area contributed by atoms with E-state index in [4.69, 9.17) is 4.74 Å². The number of carbonyl (C=O) groups excluding carboxylic acids is 1. The first kappa shape index (κ1) is 13.3. The zero-order chi connectivity index (χ0) is 11.8. The van der Waals surface area contributed by atoms with E-state index < -0.39 is 0 Å². The fourth-order valence-corrected chi connectivity index (χ4v) is 1.51. The van der Waals surface area contributed by atoms with Gasteiger partial charge in [0.2, 0.25) is 0 Å². The number of carbonyl (C=O) groups is 1. The Morgan fingerprint density at radius 2 is 2.19 bits per heavy atom. The highest BCUT2D eigenvalue weighted by atomic mass is 16.5. The molecule has 1 aliphatic carbocycles. The van der Waals surface area contributed by atoms with Crippen molar-refractivity contribution in [1.82, 2.24) is 15.5 Å². The molecule has 0 saturated heterocycles. The molecular formula is C11H23N3O2. The number of amides is 2. The molecule has 1 fully saturated rings. The van der Waals surface area contributed by atoms with Crippen molar-refractivity contribution >= 4 is 6.03 Å². The van der Waals surface area contributed by atoms with Crippen LogP contribution in [0.25, 0.3) is 0 Å². The van der Waals surface area contributed by atoms with Gasteiger partial charge in [-0.25, -0.2) is 4.79 Å². The highest BCUT2D eigenvalue weighted by Gasteiger charge is 2.18. The first-order valence-corrected chi connectivity index (χ1v) is 5.94. The van der Waals surface area contributed by atoms with Gasteiger partial charge in [0.15, 0.2) is 0 Å². The zero-order valence-electron chi connectivity index (χ0n) is 10.3. The van der Waals surface area contributed by atoms with Crippen molar-refractivity contribution in [1.29, 1.82) is 0 Å². The molecule has 1 saturated carbocycles. The van der Waals surface area contributed by atoms with Crippen LogP contribution in [-0.2, 0) is 4.74 Å². The highest BCUT2D eigenvalue weighted by Crippen LogP contribution is 2.17. The Morgan fingerprint density at radius 3 is 2.75 bits per heavy atom. The minimum atomic E-state index is -0.0372. The van der Waals surface area contributed by atoms with Crippen molar-refractivity contribution in [2.75, 3.05) is 40.4 Å². The van der Waals surface area contributed by atoms with Crippen LogP contribution in [0.15, 0.2) is 0 Å². The normalized spacial score (nSPS) is 15.9. The molecule has 0 spiro atoms. The fourth-order valence-electron chi connectivity index (χ4n) is 1.51. The average molecular weight is 229 g/mol. The number of nitrogens with zero attached hydrogens (tertiary/aromatic N) is 1. The standard InChI is InChI=1S/C11H23N3O2/c1-14(8-9-16-2)7-6-12-11(15)13-10-4-3-5-10/h10H,3-9H2,1-2H3,(H2,12,13,15). The number of nitrogens with one attached hydrogen (secondary N) is 2. The summed E-state index contributed by atoms with van der Waals surface area (Å²) in [4.78, 5) is 13.5. The third-order valence-corrected chi connectivity index (χ3v) is 2.90. The van der Waals surface area contributed by atoms with Gasteiger partial charge in [-0.2, -0.15) is 0 Å². The van der Waals surface area contributed by atoms with E-state index in [1.165, 1.54) is 6.42 Å². The second kappa shape index (κ2) is 7.46. The van der Waals surface area contributed by atoms with E-state index in [-0.39, 0.29) is 6.03 Å². The topological polar surface area (TPSA) is 53.6 Å². The van der Waals surface area contributed by atoms with Crippen LogP contribution in [-0.4, -0.2) is 57.4 Å². The number of hydrogen-bond donors (Lipinski definition) is 2. The lowest BCUT2D eigenvalue weighted by Crippen LogP contribution is -2.46. The Morgan fingerprint density at radius 1 is 1.44 bits per heavy atom. The quantitative estimate of drug-likeness (QED) is 0.665. The molecule has 5 heteroatoms. The Labute approximate surface area is 97.5 Å². The summed E-state index contributed by atoms with van der Waals surface area (Å²) in [5, 5.41) is 5.80. The van der Waals surface area contributed by atoms with Crippen molar-refractivity contribution < 1.29 is 9.53 Å². The number of hydrogen-bond acceptors (Lipinski definition) is 3. The summed E-state index contributed by atoms with van der Waals surface area (Å²) in [6.45, 7) is 3.15. The van der Waals surface area contributed by atoms with Gasteiger partial charge in [0, 0.05) is 32.8 Å². The van der Waals surface area contributed by atoms with E-state index in [0.29, 0.717) is 12.6 Å². The molecule has 5 nitrogen and oxygen atoms in total. The summed E-state index contributed by atoms with van der Waals surface area (Å²) in [6, 6.07) is 0.371. The van der Waals surface area contributed by atoms with E-state index in [1.807, 2.05) is 7.05 Å². The maximum absolute atomic E-state index is 11.4. The second-order valence-corrected chi connectivity index (χ2v) is 4.32. The monoisotopic (exact) mass is 229 g/mol. The van der Waals surface area contributed by atoms with Gasteiger partial charge in [0.25, 0.3) is 0 Å². The van der Waals surface area contributed by atoms with Gasteiger partial charge in [-0.3, -0.25) is 0 Å². The lowest BCUT2D eigenvalue weighted by Gasteiger charge is -2.26. The summed E-state index contributed by atoms with van der Waals surface area (Å²) >= 11 is 0. The molecule has 0 heterocycles. The minimum absolute atomic E-state index is 0.0372. The summed E-state index contributed by atoms with van der Waals surface area (Å²) < 4.78 is 4.97. The van der Waals surface area contributed by atoms with Gasteiger partial charge in [0.1, 0.15) is 0 Å². The molecular weight excluding hydrogens is 206 g/mol. The van der Waals surface area contributed by atoms with Crippen LogP contribution in [0.4, 0.5) is 4.79 Å². The van der Waals surface area contributed by atoms with E-state index in [9.17, 15) is 4.79 Å². The molecule has 0 radical (unpaired) electrons. The molecule has 0 atom stereocenters. The Hall–Kier alpha value is -0.810. The van der Waals surface area contributed by atoms with Gasteiger partial charge in [-0.1, -0.05) is 0 Å². The van der Waals surface area contributed by atoms with E-state index in [1.54, 1.807) is 7.11 Å². The third kappa shape index (κ3) is 5.32. The van der Waals surface area contributed by atoms with Crippen LogP contribution in [0, 0.1) is 0 Å². The van der Waals surface area contributed by atoms with Crippen LogP contribution in [0.5, 0.6) is 0 Å². The van der Waals surface area contributed by atoms with Crippen molar-refractivity contribution in [3.05, 3.63) is 0 Å². The lowest BCUT2D eigenvalue weighted by atomic mass is 9.93. The maximum Gasteiger partial charge on any atom is 0.315 e. The van der Waals surface area contributed by atoms with E-state index in [0.717, 1.165) is 32.5 Å². The van der Waals surface area contributed by atoms with Gasteiger partial charge >= 0.3 is 6.03 Å². The van der Waals surface area contributed by atoms with Gasteiger partial charge < -0.3 is 20.3 Å². The van der Waals surface area contributed by atoms with Crippen LogP contribution in [0.3, 0.4) is 0 Å². The summed E-state index contributed by atoms with van der Waals surface area (Å²) in [5.41, 5.74) is 0. The number of urea groups is 1. The Balaban J connectivity index is 1.94. The van der Waals surface area contributed by atoms with Gasteiger partial charge in [-0.05, 0) is 26.3 Å². The fraction of sp³-hybridized carbons (Fsp3) is 0.909. The van der Waals surface area contributed by atoms with Crippen molar-refractivity contribution in [3.8, 4) is 0 Å². The van der Waals surface area contributed by atoms with E-state index >= 15 is 0 Å². The lowest BCUT2D eigenvalue weighted by molar-refractivity contribution is 0.161. The van der Waals surface area contributed by atoms with Crippen LogP contribution >= 0.6 is 0 Å². The summed E-state index contributed by atoms with van der Waals surface area (Å²) in [5.74, 6) is 0. The third-order valence-electron chi connectivity index (χ3n) is 2.90. The smallest absolute Gasteiger partial charge is 0.315 e. The molecule has 1 aliphatic rings. The molecule has 16 heavy (non-hydrogen) atoms. The molecule has 0 bridgehead atoms. The zero-order valence-corrected chi connectivity index (χ0v) is 10.3. The minimum Gasteiger partial charge on any atom is -0.383 e. The number of ether oxygens (including phenoxy) is 1. The summed E-state index contributed by atoms with van der Waals surface area (Å²) in [7, 11) is 3.71. The first-order valence-electron chi connectivity index (χ1n) is 5.94. The predicted molar refractivity (Wildman–Crippen MR) is 63.5 cm³/mol. The van der Waals surface area contributed by atoms with Gasteiger partial charge in [-0.15, -0.1) is 0 Å². The highest BCUT2D eigenvalue weighted by molar-refractivity contribution is 5.74. The van der Waals surface area contributed by atoms with Crippen LogP contribution in [0.2, 0.25) is 0 Å². The number of rotatable bonds is 7. The molecule has 2 N–H and O–H groups in total. The first-order chi connectivity index (χ1) is 7.72. The van der Waals surface area contributed by atoms with Crippen LogP contribution < -0.4 is 10.6 Å². The van der Waals surface area contributed by atoms with Gasteiger partial charge in [0.05, 0.1) is 6.61 Å². The largest absolute Gasteiger partial charge is 0.383 e.